The molecule has 2 aromatic carbocycles. The lowest BCUT2D eigenvalue weighted by atomic mass is 10.1. The minimum atomic E-state index is -4.32. The summed E-state index contributed by atoms with van der Waals surface area (Å²) in [5.74, 6) is 0. The van der Waals surface area contributed by atoms with Gasteiger partial charge in [0.2, 0.25) is 7.37 Å². The zero-order valence-electron chi connectivity index (χ0n) is 13.3. The molecule has 2 rings (SSSR count). The quantitative estimate of drug-likeness (QED) is 0.440. The second kappa shape index (κ2) is 7.64. The lowest BCUT2D eigenvalue weighted by Crippen LogP contribution is -2.15. The van der Waals surface area contributed by atoms with Crippen LogP contribution in [0.5, 0.6) is 0 Å². The molecule has 8 heteroatoms. The molecule has 0 aliphatic heterocycles. The summed E-state index contributed by atoms with van der Waals surface area (Å²) in [4.78, 5) is 28.5. The zero-order chi connectivity index (χ0) is 17.8. The molecule has 0 aliphatic carbocycles. The minimum absolute atomic E-state index is 0.0289. The van der Waals surface area contributed by atoms with Gasteiger partial charge >= 0.3 is 7.60 Å². The van der Waals surface area contributed by atoms with E-state index in [1.54, 1.807) is 30.3 Å². The van der Waals surface area contributed by atoms with E-state index in [2.05, 4.69) is 5.32 Å². The van der Waals surface area contributed by atoms with Crippen molar-refractivity contribution in [1.82, 2.24) is 0 Å². The van der Waals surface area contributed by atoms with Crippen molar-refractivity contribution in [3.8, 4) is 0 Å². The maximum absolute atomic E-state index is 11.9. The molecule has 0 saturated heterocycles. The number of rotatable bonds is 7. The van der Waals surface area contributed by atoms with Crippen LogP contribution in [0.3, 0.4) is 0 Å². The van der Waals surface area contributed by atoms with E-state index in [9.17, 15) is 23.8 Å². The summed E-state index contributed by atoms with van der Waals surface area (Å²) in [6.45, 7) is 1.81. The lowest BCUT2D eigenvalue weighted by molar-refractivity contribution is 0.387. The van der Waals surface area contributed by atoms with Crippen molar-refractivity contribution in [2.45, 2.75) is 12.8 Å². The predicted molar refractivity (Wildman–Crippen MR) is 96.8 cm³/mol. The van der Waals surface area contributed by atoms with Gasteiger partial charge < -0.3 is 20.0 Å². The zero-order valence-corrected chi connectivity index (χ0v) is 15.1. The molecule has 0 spiro atoms. The molecule has 130 valence electrons. The first kappa shape index (κ1) is 18.9. The average Bonchev–Trinajstić information content (AvgIpc) is 2.50. The van der Waals surface area contributed by atoms with Crippen molar-refractivity contribution >= 4 is 31.3 Å². The molecule has 0 heterocycles. The highest BCUT2D eigenvalue weighted by Crippen LogP contribution is 2.36. The maximum atomic E-state index is 11.9. The Labute approximate surface area is 141 Å². The second-order valence-corrected chi connectivity index (χ2v) is 9.41. The molecule has 1 atom stereocenters. The molecule has 0 saturated carbocycles. The Morgan fingerprint density at radius 2 is 1.50 bits per heavy atom. The number of para-hydroxylation sites is 1. The van der Waals surface area contributed by atoms with Gasteiger partial charge in [-0.05, 0) is 36.6 Å². The molecule has 1 unspecified atom stereocenters. The van der Waals surface area contributed by atoms with Crippen molar-refractivity contribution in [1.29, 1.82) is 0 Å². The monoisotopic (exact) mass is 369 g/mol. The van der Waals surface area contributed by atoms with Crippen LogP contribution in [0.15, 0.2) is 48.5 Å². The van der Waals surface area contributed by atoms with Crippen molar-refractivity contribution < 1.29 is 23.8 Å². The molecule has 0 aliphatic rings. The Morgan fingerprint density at radius 3 is 2.12 bits per heavy atom. The van der Waals surface area contributed by atoms with Gasteiger partial charge in [-0.2, -0.15) is 0 Å². The van der Waals surface area contributed by atoms with Crippen LogP contribution in [-0.4, -0.2) is 27.9 Å². The van der Waals surface area contributed by atoms with Crippen LogP contribution in [0.25, 0.3) is 0 Å². The molecule has 0 fully saturated rings. The van der Waals surface area contributed by atoms with Crippen LogP contribution >= 0.6 is 15.0 Å². The fraction of sp³-hybridized carbons (Fsp3) is 0.250. The Bertz CT molecular complexity index is 729. The van der Waals surface area contributed by atoms with E-state index < -0.39 is 15.0 Å². The maximum Gasteiger partial charge on any atom is 0.358 e. The highest BCUT2D eigenvalue weighted by Gasteiger charge is 2.21. The molecular weight excluding hydrogens is 348 g/mol. The van der Waals surface area contributed by atoms with Gasteiger partial charge in [-0.25, -0.2) is 0 Å². The first-order valence-corrected chi connectivity index (χ1v) is 11.2. The van der Waals surface area contributed by atoms with Crippen molar-refractivity contribution in [2.75, 3.05) is 18.5 Å². The van der Waals surface area contributed by atoms with Crippen LogP contribution in [0.2, 0.25) is 0 Å². The average molecular weight is 369 g/mol. The molecule has 6 nitrogen and oxygen atoms in total. The summed E-state index contributed by atoms with van der Waals surface area (Å²) in [6.07, 6.45) is 1.26. The smallest absolute Gasteiger partial charge is 0.358 e. The van der Waals surface area contributed by atoms with E-state index in [-0.39, 0.29) is 5.30 Å². The summed E-state index contributed by atoms with van der Waals surface area (Å²) in [5, 5.41) is 3.45. The third kappa shape index (κ3) is 5.04. The number of nitrogens with one attached hydrogen (secondary N) is 1. The highest BCUT2D eigenvalue weighted by molar-refractivity contribution is 7.65. The number of aryl methyl sites for hydroxylation is 1. The van der Waals surface area contributed by atoms with E-state index in [4.69, 9.17) is 0 Å². The van der Waals surface area contributed by atoms with E-state index >= 15 is 0 Å². The van der Waals surface area contributed by atoms with Gasteiger partial charge in [-0.3, -0.25) is 9.13 Å². The molecule has 2 aromatic rings. The Kier molecular flexibility index (Phi) is 6.02. The van der Waals surface area contributed by atoms with E-state index in [0.29, 0.717) is 30.4 Å². The molecule has 24 heavy (non-hydrogen) atoms. The van der Waals surface area contributed by atoms with Crippen molar-refractivity contribution in [3.05, 3.63) is 54.1 Å². The summed E-state index contributed by atoms with van der Waals surface area (Å²) in [5.41, 5.74) is 1.22. The summed E-state index contributed by atoms with van der Waals surface area (Å²) >= 11 is 0. The second-order valence-electron chi connectivity index (χ2n) is 5.60. The third-order valence-electron chi connectivity index (χ3n) is 3.59. The van der Waals surface area contributed by atoms with Crippen LogP contribution in [0, 0.1) is 0 Å². The van der Waals surface area contributed by atoms with Gasteiger partial charge in [0.15, 0.2) is 0 Å². The SMILES string of the molecule is CP(=O)(O)c1ccccc1CCCNc1ccccc1P(=O)(O)O. The van der Waals surface area contributed by atoms with Crippen LogP contribution in [0.1, 0.15) is 12.0 Å². The third-order valence-corrected chi connectivity index (χ3v) is 5.94. The molecule has 0 radical (unpaired) electrons. The fourth-order valence-corrected chi connectivity index (χ4v) is 4.34. The number of hydrogen-bond donors (Lipinski definition) is 4. The summed E-state index contributed by atoms with van der Waals surface area (Å²) < 4.78 is 23.4. The van der Waals surface area contributed by atoms with Gasteiger partial charge in [0.1, 0.15) is 0 Å². The standard InChI is InChI=1S/C16H21NO5P2/c1-23(18,19)15-10-4-2-7-13(15)8-6-12-17-14-9-3-5-11-16(14)24(20,21)22/h2-5,7,9-11,17H,6,8,12H2,1H3,(H,18,19)(H2,20,21,22). The molecule has 0 aromatic heterocycles. The fourth-order valence-electron chi connectivity index (χ4n) is 2.51. The lowest BCUT2D eigenvalue weighted by Gasteiger charge is -2.14. The van der Waals surface area contributed by atoms with Crippen molar-refractivity contribution in [3.63, 3.8) is 0 Å². The number of hydrogen-bond acceptors (Lipinski definition) is 3. The first-order chi connectivity index (χ1) is 11.2. The Morgan fingerprint density at radius 1 is 0.917 bits per heavy atom. The van der Waals surface area contributed by atoms with Crippen LogP contribution in [0.4, 0.5) is 5.69 Å². The van der Waals surface area contributed by atoms with Crippen molar-refractivity contribution in [2.24, 2.45) is 0 Å². The van der Waals surface area contributed by atoms with E-state index in [0.717, 1.165) is 5.56 Å². The first-order valence-electron chi connectivity index (χ1n) is 7.47. The number of benzene rings is 2. The molecule has 4 N–H and O–H groups in total. The van der Waals surface area contributed by atoms with E-state index in [1.165, 1.54) is 12.7 Å². The van der Waals surface area contributed by atoms with E-state index in [1.807, 2.05) is 12.1 Å². The Hall–Kier alpha value is -1.42. The normalized spacial score (nSPS) is 14.2. The highest BCUT2D eigenvalue weighted by atomic mass is 31.2. The van der Waals surface area contributed by atoms with Gasteiger partial charge in [-0.1, -0.05) is 30.3 Å². The number of anilines is 1. The van der Waals surface area contributed by atoms with Gasteiger partial charge in [-0.15, -0.1) is 0 Å². The predicted octanol–water partition coefficient (Wildman–Crippen LogP) is 2.06. The topological polar surface area (TPSA) is 107 Å². The molecular formula is C16H21NO5P2. The molecule has 0 bridgehead atoms. The van der Waals surface area contributed by atoms with Crippen LogP contribution in [-0.2, 0) is 15.6 Å². The minimum Gasteiger partial charge on any atom is -0.384 e. The molecule has 0 amide bonds. The summed E-state index contributed by atoms with van der Waals surface area (Å²) in [7, 11) is -7.64. The van der Waals surface area contributed by atoms with Gasteiger partial charge in [0.25, 0.3) is 0 Å². The summed E-state index contributed by atoms with van der Waals surface area (Å²) in [6, 6.07) is 13.3. The Balaban J connectivity index is 2.01. The van der Waals surface area contributed by atoms with Gasteiger partial charge in [0, 0.05) is 24.2 Å². The largest absolute Gasteiger partial charge is 0.384 e. The van der Waals surface area contributed by atoms with Crippen LogP contribution < -0.4 is 15.9 Å². The van der Waals surface area contributed by atoms with Gasteiger partial charge in [0.05, 0.1) is 5.30 Å².